The number of carbonyl (C=O) groups excluding carboxylic acids is 3. The van der Waals surface area contributed by atoms with Crippen LogP contribution in [-0.2, 0) is 25.6 Å². The number of nitrogens with one attached hydrogen (secondary N) is 4. The molecule has 0 radical (unpaired) electrons. The van der Waals surface area contributed by atoms with Crippen molar-refractivity contribution in [1.82, 2.24) is 25.9 Å². The summed E-state index contributed by atoms with van der Waals surface area (Å²) >= 11 is 0. The fraction of sp³-hybridized carbons (Fsp3) is 0.632. The number of hydrogen-bond donors (Lipinski definition) is 8. The van der Waals surface area contributed by atoms with Crippen molar-refractivity contribution in [2.75, 3.05) is 6.54 Å². The van der Waals surface area contributed by atoms with E-state index in [0.717, 1.165) is 0 Å². The summed E-state index contributed by atoms with van der Waals surface area (Å²) in [6, 6.07) is -4.57. The van der Waals surface area contributed by atoms with E-state index in [1.807, 2.05) is 0 Å². The lowest BCUT2D eigenvalue weighted by atomic mass is 10.1. The molecular formula is C19H33N7O6. The predicted octanol–water partition coefficient (Wildman–Crippen LogP) is -2.65. The van der Waals surface area contributed by atoms with Crippen LogP contribution >= 0.6 is 0 Å². The Bertz CT molecular complexity index is 755. The van der Waals surface area contributed by atoms with Gasteiger partial charge in [0.2, 0.25) is 17.7 Å². The fourth-order valence-electron chi connectivity index (χ4n) is 2.74. The molecule has 1 aromatic rings. The van der Waals surface area contributed by atoms with Gasteiger partial charge in [0.1, 0.15) is 24.2 Å². The standard InChI is InChI=1S/C19H33N7O6/c1-10(16(28)25-13(19(31)32)5-3-4-6-20)24-17(29)14(7-12-8-22-9-23-12)26-18(30)15(21)11(2)27/h8-11,13-15,27H,3-7,20-21H2,1-2H3,(H,22,23)(H,24,29)(H,25,28)(H,26,30)(H,31,32). The number of rotatable bonds is 14. The van der Waals surface area contributed by atoms with E-state index in [9.17, 15) is 29.4 Å². The first kappa shape index (κ1) is 27.0. The van der Waals surface area contributed by atoms with Crippen LogP contribution in [0.1, 0.15) is 38.8 Å². The van der Waals surface area contributed by atoms with Crippen molar-refractivity contribution in [1.29, 1.82) is 0 Å². The van der Waals surface area contributed by atoms with Crippen LogP contribution in [0.15, 0.2) is 12.5 Å². The van der Waals surface area contributed by atoms with Crippen molar-refractivity contribution in [3.63, 3.8) is 0 Å². The van der Waals surface area contributed by atoms with Gasteiger partial charge < -0.3 is 42.6 Å². The lowest BCUT2D eigenvalue weighted by Crippen LogP contribution is -2.58. The molecule has 0 spiro atoms. The van der Waals surface area contributed by atoms with E-state index in [1.54, 1.807) is 0 Å². The number of aliphatic hydroxyl groups is 1. The first-order chi connectivity index (χ1) is 15.1. The van der Waals surface area contributed by atoms with Gasteiger partial charge in [-0.25, -0.2) is 9.78 Å². The minimum absolute atomic E-state index is 0.0231. The van der Waals surface area contributed by atoms with Crippen LogP contribution in [-0.4, -0.2) is 80.7 Å². The van der Waals surface area contributed by atoms with Gasteiger partial charge in [0.15, 0.2) is 0 Å². The molecule has 13 nitrogen and oxygen atoms in total. The molecule has 32 heavy (non-hydrogen) atoms. The third kappa shape index (κ3) is 8.99. The van der Waals surface area contributed by atoms with Gasteiger partial charge in [-0.1, -0.05) is 0 Å². The summed E-state index contributed by atoms with van der Waals surface area (Å²) in [5.74, 6) is -3.32. The zero-order valence-corrected chi connectivity index (χ0v) is 18.2. The van der Waals surface area contributed by atoms with E-state index in [-0.39, 0.29) is 12.8 Å². The number of amides is 3. The summed E-state index contributed by atoms with van der Waals surface area (Å²) in [5, 5.41) is 26.1. The Labute approximate surface area is 185 Å². The molecule has 1 heterocycles. The molecule has 10 N–H and O–H groups in total. The Balaban J connectivity index is 2.80. The number of carboxylic acids is 1. The average molecular weight is 456 g/mol. The van der Waals surface area contributed by atoms with E-state index in [1.165, 1.54) is 26.4 Å². The smallest absolute Gasteiger partial charge is 0.326 e. The average Bonchev–Trinajstić information content (AvgIpc) is 3.24. The van der Waals surface area contributed by atoms with Gasteiger partial charge in [-0.15, -0.1) is 0 Å². The minimum Gasteiger partial charge on any atom is -0.480 e. The van der Waals surface area contributed by atoms with Crippen molar-refractivity contribution >= 4 is 23.7 Å². The zero-order chi connectivity index (χ0) is 24.3. The highest BCUT2D eigenvalue weighted by Gasteiger charge is 2.29. The largest absolute Gasteiger partial charge is 0.480 e. The highest BCUT2D eigenvalue weighted by molar-refractivity contribution is 5.94. The summed E-state index contributed by atoms with van der Waals surface area (Å²) in [4.78, 5) is 55.5. The second-order valence-corrected chi connectivity index (χ2v) is 7.52. The second-order valence-electron chi connectivity index (χ2n) is 7.52. The highest BCUT2D eigenvalue weighted by Crippen LogP contribution is 2.03. The third-order valence-electron chi connectivity index (χ3n) is 4.75. The zero-order valence-electron chi connectivity index (χ0n) is 18.2. The number of nitrogens with zero attached hydrogens (tertiary/aromatic N) is 1. The molecule has 5 unspecified atom stereocenters. The van der Waals surface area contributed by atoms with Crippen LogP contribution in [0.4, 0.5) is 0 Å². The maximum absolute atomic E-state index is 12.8. The van der Waals surface area contributed by atoms with Crippen LogP contribution in [0.2, 0.25) is 0 Å². The summed E-state index contributed by atoms with van der Waals surface area (Å²) in [5.41, 5.74) is 11.6. The number of nitrogens with two attached hydrogens (primary N) is 2. The van der Waals surface area contributed by atoms with E-state index in [0.29, 0.717) is 25.1 Å². The number of aliphatic hydroxyl groups excluding tert-OH is 1. The Morgan fingerprint density at radius 3 is 2.25 bits per heavy atom. The van der Waals surface area contributed by atoms with Gasteiger partial charge >= 0.3 is 5.97 Å². The fourth-order valence-corrected chi connectivity index (χ4v) is 2.74. The highest BCUT2D eigenvalue weighted by atomic mass is 16.4. The van der Waals surface area contributed by atoms with Gasteiger partial charge in [-0.2, -0.15) is 0 Å². The van der Waals surface area contributed by atoms with E-state index >= 15 is 0 Å². The topological polar surface area (TPSA) is 226 Å². The lowest BCUT2D eigenvalue weighted by Gasteiger charge is -2.24. The van der Waals surface area contributed by atoms with E-state index < -0.39 is 54.0 Å². The first-order valence-electron chi connectivity index (χ1n) is 10.3. The molecule has 0 bridgehead atoms. The van der Waals surface area contributed by atoms with Crippen LogP contribution in [0.5, 0.6) is 0 Å². The van der Waals surface area contributed by atoms with Crippen LogP contribution in [0.25, 0.3) is 0 Å². The number of aromatic nitrogens is 2. The maximum Gasteiger partial charge on any atom is 0.326 e. The number of H-pyrrole nitrogens is 1. The molecule has 0 aliphatic carbocycles. The molecular weight excluding hydrogens is 422 g/mol. The molecule has 0 aliphatic rings. The predicted molar refractivity (Wildman–Crippen MR) is 114 cm³/mol. The Morgan fingerprint density at radius 1 is 1.06 bits per heavy atom. The van der Waals surface area contributed by atoms with Gasteiger partial charge in [0, 0.05) is 18.3 Å². The van der Waals surface area contributed by atoms with Crippen LogP contribution in [0, 0.1) is 0 Å². The molecule has 180 valence electrons. The number of carbonyl (C=O) groups is 4. The molecule has 1 aromatic heterocycles. The quantitative estimate of drug-likeness (QED) is 0.137. The molecule has 0 aliphatic heterocycles. The van der Waals surface area contributed by atoms with E-state index in [2.05, 4.69) is 25.9 Å². The molecule has 13 heteroatoms. The van der Waals surface area contributed by atoms with E-state index in [4.69, 9.17) is 11.5 Å². The lowest BCUT2D eigenvalue weighted by molar-refractivity contribution is -0.142. The minimum atomic E-state index is -1.25. The SMILES string of the molecule is CC(NC(=O)C(Cc1cnc[nH]1)NC(=O)C(N)C(C)O)C(=O)NC(CCCCN)C(=O)O. The second kappa shape index (κ2) is 13.4. The Kier molecular flexibility index (Phi) is 11.3. The summed E-state index contributed by atoms with van der Waals surface area (Å²) in [7, 11) is 0. The Hall–Kier alpha value is -3.03. The van der Waals surface area contributed by atoms with Crippen molar-refractivity contribution < 1.29 is 29.4 Å². The summed E-state index contributed by atoms with van der Waals surface area (Å²) in [6.07, 6.45) is 3.11. The number of hydrogen-bond acceptors (Lipinski definition) is 8. The third-order valence-corrected chi connectivity index (χ3v) is 4.75. The molecule has 3 amide bonds. The molecule has 1 rings (SSSR count). The van der Waals surface area contributed by atoms with Gasteiger partial charge in [0.25, 0.3) is 0 Å². The maximum atomic E-state index is 12.8. The summed E-state index contributed by atoms with van der Waals surface area (Å²) < 4.78 is 0. The van der Waals surface area contributed by atoms with Crippen molar-refractivity contribution in [3.8, 4) is 0 Å². The van der Waals surface area contributed by atoms with Crippen molar-refractivity contribution in [2.24, 2.45) is 11.5 Å². The molecule has 0 aromatic carbocycles. The number of aromatic amines is 1. The number of aliphatic carboxylic acids is 1. The molecule has 0 saturated carbocycles. The Morgan fingerprint density at radius 2 is 1.72 bits per heavy atom. The van der Waals surface area contributed by atoms with Crippen molar-refractivity contribution in [2.45, 2.75) is 69.8 Å². The number of carboxylic acid groups (broad SMARTS) is 1. The number of unbranched alkanes of at least 4 members (excludes halogenated alkanes) is 1. The number of imidazole rings is 1. The molecule has 5 atom stereocenters. The normalized spacial score (nSPS) is 15.7. The van der Waals surface area contributed by atoms with Gasteiger partial charge in [-0.05, 0) is 39.7 Å². The summed E-state index contributed by atoms with van der Waals surface area (Å²) in [6.45, 7) is 3.14. The first-order valence-corrected chi connectivity index (χ1v) is 10.3. The monoisotopic (exact) mass is 455 g/mol. The van der Waals surface area contributed by atoms with Crippen molar-refractivity contribution in [3.05, 3.63) is 18.2 Å². The van der Waals surface area contributed by atoms with Gasteiger partial charge in [0.05, 0.1) is 12.4 Å². The molecule has 0 saturated heterocycles. The van der Waals surface area contributed by atoms with Crippen LogP contribution < -0.4 is 27.4 Å². The van der Waals surface area contributed by atoms with Crippen LogP contribution in [0.3, 0.4) is 0 Å². The van der Waals surface area contributed by atoms with Gasteiger partial charge in [-0.3, -0.25) is 14.4 Å². The molecule has 0 fully saturated rings.